The van der Waals surface area contributed by atoms with Crippen molar-refractivity contribution < 1.29 is 45.8 Å². The molecule has 0 radical (unpaired) electrons. The molecule has 39 heavy (non-hydrogen) atoms. The number of nitrogens with zero attached hydrogens (tertiary/aromatic N) is 2. The first-order chi connectivity index (χ1) is 17.9. The van der Waals surface area contributed by atoms with Crippen LogP contribution in [0.5, 0.6) is 5.75 Å². The van der Waals surface area contributed by atoms with Crippen molar-refractivity contribution in [3.63, 3.8) is 0 Å². The molecule has 3 rings (SSSR count). The van der Waals surface area contributed by atoms with E-state index in [1.54, 1.807) is 0 Å². The normalized spacial score (nSPS) is 17.5. The SMILES string of the molecule is CN(C)C(=O)C(=O)NC(C)(C)CC1(NC(=O)O)CN(S(=O)(=O)c2cccc(C(F)(F)F)c2)c2ccccc2O1. The quantitative estimate of drug-likeness (QED) is 0.451. The van der Waals surface area contributed by atoms with E-state index in [0.29, 0.717) is 6.07 Å². The number of carbonyl (C=O) groups is 3. The fourth-order valence-electron chi connectivity index (χ4n) is 4.20. The fraction of sp³-hybridized carbons (Fsp3) is 0.375. The smallest absolute Gasteiger partial charge is 0.416 e. The minimum atomic E-state index is -4.81. The zero-order chi connectivity index (χ0) is 29.4. The molecular formula is C24H27F3N4O7S. The molecule has 2 aromatic carbocycles. The molecule has 0 bridgehead atoms. The number of ether oxygens (including phenoxy) is 1. The lowest BCUT2D eigenvalue weighted by atomic mass is 9.91. The standard InChI is InChI=1S/C24H27F3N4O7S/c1-22(2,28-19(32)20(33)30(3)4)13-23(29-21(34)35)14-31(17-10-5-6-11-18(17)38-23)39(36,37)16-9-7-8-15(12-16)24(25,26)27/h5-12,29H,13-14H2,1-4H3,(H,28,32)(H,34,35). The van der Waals surface area contributed by atoms with Crippen molar-refractivity contribution in [1.82, 2.24) is 15.5 Å². The highest BCUT2D eigenvalue weighted by molar-refractivity contribution is 7.92. The Morgan fingerprint density at radius 2 is 1.74 bits per heavy atom. The molecule has 1 unspecified atom stereocenters. The van der Waals surface area contributed by atoms with E-state index in [0.717, 1.165) is 27.4 Å². The van der Waals surface area contributed by atoms with E-state index in [1.165, 1.54) is 52.2 Å². The van der Waals surface area contributed by atoms with E-state index in [4.69, 9.17) is 4.74 Å². The summed E-state index contributed by atoms with van der Waals surface area (Å²) >= 11 is 0. The van der Waals surface area contributed by atoms with Gasteiger partial charge in [0.05, 0.1) is 22.7 Å². The third kappa shape index (κ3) is 6.53. The third-order valence-corrected chi connectivity index (χ3v) is 7.46. The van der Waals surface area contributed by atoms with Gasteiger partial charge < -0.3 is 20.1 Å². The van der Waals surface area contributed by atoms with Gasteiger partial charge in [-0.25, -0.2) is 13.2 Å². The van der Waals surface area contributed by atoms with E-state index in [1.807, 2.05) is 0 Å². The Bertz CT molecular complexity index is 1400. The molecule has 11 nitrogen and oxygen atoms in total. The first-order valence-corrected chi connectivity index (χ1v) is 12.8. The number of likely N-dealkylation sites (N-methyl/N-ethyl adjacent to an activating group) is 1. The lowest BCUT2D eigenvalue weighted by molar-refractivity contribution is -0.145. The van der Waals surface area contributed by atoms with Crippen molar-refractivity contribution in [3.8, 4) is 5.75 Å². The number of benzene rings is 2. The number of rotatable bonds is 6. The zero-order valence-electron chi connectivity index (χ0n) is 21.4. The third-order valence-electron chi connectivity index (χ3n) is 5.70. The summed E-state index contributed by atoms with van der Waals surface area (Å²) in [6, 6.07) is 8.84. The number of carbonyl (C=O) groups excluding carboxylic acids is 2. The Kier molecular flexibility index (Phi) is 7.79. The van der Waals surface area contributed by atoms with Crippen LogP contribution in [0.15, 0.2) is 53.4 Å². The summed E-state index contributed by atoms with van der Waals surface area (Å²) in [7, 11) is -1.97. The van der Waals surface area contributed by atoms with Gasteiger partial charge >= 0.3 is 24.1 Å². The molecular weight excluding hydrogens is 545 g/mol. The molecule has 3 N–H and O–H groups in total. The average molecular weight is 573 g/mol. The second-order valence-electron chi connectivity index (χ2n) is 9.75. The molecule has 15 heteroatoms. The van der Waals surface area contributed by atoms with Gasteiger partial charge in [0.25, 0.3) is 10.0 Å². The van der Waals surface area contributed by atoms with E-state index in [9.17, 15) is 41.1 Å². The van der Waals surface area contributed by atoms with Crippen molar-refractivity contribution in [2.24, 2.45) is 0 Å². The van der Waals surface area contributed by atoms with Crippen LogP contribution in [0.1, 0.15) is 25.8 Å². The van der Waals surface area contributed by atoms with Crippen molar-refractivity contribution in [3.05, 3.63) is 54.1 Å². The predicted molar refractivity (Wildman–Crippen MR) is 132 cm³/mol. The fourth-order valence-corrected chi connectivity index (χ4v) is 5.77. The van der Waals surface area contributed by atoms with Crippen LogP contribution in [0.4, 0.5) is 23.7 Å². The molecule has 0 fully saturated rings. The van der Waals surface area contributed by atoms with Crippen LogP contribution < -0.4 is 19.7 Å². The van der Waals surface area contributed by atoms with Crippen LogP contribution in [0, 0.1) is 0 Å². The van der Waals surface area contributed by atoms with Crippen molar-refractivity contribution in [2.75, 3.05) is 24.9 Å². The zero-order valence-corrected chi connectivity index (χ0v) is 22.2. The summed E-state index contributed by atoms with van der Waals surface area (Å²) in [5.41, 5.74) is -4.60. The second-order valence-corrected chi connectivity index (χ2v) is 11.6. The van der Waals surface area contributed by atoms with Crippen LogP contribution in [0.3, 0.4) is 0 Å². The maximum atomic E-state index is 13.7. The van der Waals surface area contributed by atoms with E-state index >= 15 is 0 Å². The van der Waals surface area contributed by atoms with Gasteiger partial charge in [-0.15, -0.1) is 0 Å². The first kappa shape index (κ1) is 29.5. The van der Waals surface area contributed by atoms with E-state index in [2.05, 4.69) is 10.6 Å². The molecule has 1 heterocycles. The highest BCUT2D eigenvalue weighted by Gasteiger charge is 2.49. The number of para-hydroxylation sites is 2. The molecule has 3 amide bonds. The Morgan fingerprint density at radius 3 is 2.33 bits per heavy atom. The Labute approximate surface area is 222 Å². The van der Waals surface area contributed by atoms with E-state index < -0.39 is 62.4 Å². The van der Waals surface area contributed by atoms with Crippen molar-refractivity contribution in [1.29, 1.82) is 0 Å². The number of anilines is 1. The van der Waals surface area contributed by atoms with Crippen LogP contribution in [-0.4, -0.2) is 68.2 Å². The summed E-state index contributed by atoms with van der Waals surface area (Å²) in [5.74, 6) is -1.97. The summed E-state index contributed by atoms with van der Waals surface area (Å²) < 4.78 is 74.2. The summed E-state index contributed by atoms with van der Waals surface area (Å²) in [6.45, 7) is 2.22. The van der Waals surface area contributed by atoms with Crippen LogP contribution in [0.25, 0.3) is 0 Å². The molecule has 0 aromatic heterocycles. The second kappa shape index (κ2) is 10.3. The van der Waals surface area contributed by atoms with Gasteiger partial charge in [-0.1, -0.05) is 18.2 Å². The largest absolute Gasteiger partial charge is 0.465 e. The maximum absolute atomic E-state index is 13.7. The number of nitrogens with one attached hydrogen (secondary N) is 2. The van der Waals surface area contributed by atoms with Gasteiger partial charge in [0.1, 0.15) is 5.75 Å². The molecule has 0 aliphatic carbocycles. The summed E-state index contributed by atoms with van der Waals surface area (Å²) in [5, 5.41) is 14.3. The van der Waals surface area contributed by atoms with Gasteiger partial charge in [-0.3, -0.25) is 19.2 Å². The number of carboxylic acid groups (broad SMARTS) is 1. The van der Waals surface area contributed by atoms with Crippen LogP contribution in [0.2, 0.25) is 0 Å². The van der Waals surface area contributed by atoms with Crippen LogP contribution in [-0.2, 0) is 25.8 Å². The lowest BCUT2D eigenvalue weighted by Gasteiger charge is -2.46. The van der Waals surface area contributed by atoms with Crippen molar-refractivity contribution in [2.45, 2.75) is 42.6 Å². The number of amides is 3. The minimum Gasteiger partial charge on any atom is -0.465 e. The van der Waals surface area contributed by atoms with Gasteiger partial charge in [-0.2, -0.15) is 13.2 Å². The number of hydrogen-bond donors (Lipinski definition) is 3. The monoisotopic (exact) mass is 572 g/mol. The molecule has 1 aliphatic rings. The topological polar surface area (TPSA) is 145 Å². The number of sulfonamides is 1. The Balaban J connectivity index is 2.10. The predicted octanol–water partition coefficient (Wildman–Crippen LogP) is 2.63. The molecule has 1 atom stereocenters. The Morgan fingerprint density at radius 1 is 1.10 bits per heavy atom. The van der Waals surface area contributed by atoms with E-state index in [-0.39, 0.29) is 17.9 Å². The molecule has 2 aromatic rings. The highest BCUT2D eigenvalue weighted by Crippen LogP contribution is 2.42. The number of fused-ring (bicyclic) bond motifs is 1. The van der Waals surface area contributed by atoms with Gasteiger partial charge in [0.15, 0.2) is 0 Å². The molecule has 0 saturated heterocycles. The minimum absolute atomic E-state index is 0.0395. The van der Waals surface area contributed by atoms with Crippen molar-refractivity contribution >= 4 is 33.6 Å². The molecule has 0 spiro atoms. The van der Waals surface area contributed by atoms with Gasteiger partial charge in [0, 0.05) is 26.1 Å². The molecule has 212 valence electrons. The average Bonchev–Trinajstić information content (AvgIpc) is 2.81. The first-order valence-electron chi connectivity index (χ1n) is 11.4. The highest BCUT2D eigenvalue weighted by atomic mass is 32.2. The van der Waals surface area contributed by atoms with Crippen LogP contribution >= 0.6 is 0 Å². The number of hydrogen-bond acceptors (Lipinski definition) is 6. The number of alkyl halides is 3. The summed E-state index contributed by atoms with van der Waals surface area (Å²) in [6.07, 6.45) is -6.80. The summed E-state index contributed by atoms with van der Waals surface area (Å²) in [4.78, 5) is 36.7. The molecule has 0 saturated carbocycles. The van der Waals surface area contributed by atoms with Gasteiger partial charge in [-0.05, 0) is 44.2 Å². The van der Waals surface area contributed by atoms with Gasteiger partial charge in [0.2, 0.25) is 5.72 Å². The molecule has 1 aliphatic heterocycles. The lowest BCUT2D eigenvalue weighted by Crippen LogP contribution is -2.66. The maximum Gasteiger partial charge on any atom is 0.416 e. The number of halogens is 3. The Hall–Kier alpha value is -4.01.